The molecule has 1 fully saturated rings. The first-order chi connectivity index (χ1) is 17.0. The predicted molar refractivity (Wildman–Crippen MR) is 125 cm³/mol. The molecular formula is C22H26N3O10P. The number of benzene rings is 1. The molecule has 13 nitrogen and oxygen atoms in total. The Morgan fingerprint density at radius 2 is 2.06 bits per heavy atom. The number of H-pyrrole nitrogens is 1. The van der Waals surface area contributed by atoms with Crippen LogP contribution in [0.4, 0.5) is 0 Å². The van der Waals surface area contributed by atoms with Crippen LogP contribution in [-0.4, -0.2) is 63.3 Å². The van der Waals surface area contributed by atoms with E-state index in [1.165, 1.54) is 19.1 Å². The molecule has 0 radical (unpaired) electrons. The Labute approximate surface area is 205 Å². The third kappa shape index (κ3) is 5.92. The van der Waals surface area contributed by atoms with E-state index in [1.54, 1.807) is 18.2 Å². The lowest BCUT2D eigenvalue weighted by molar-refractivity contribution is -0.142. The van der Waals surface area contributed by atoms with Crippen molar-refractivity contribution in [1.29, 1.82) is 0 Å². The van der Waals surface area contributed by atoms with Gasteiger partial charge in [0.25, 0.3) is 5.56 Å². The first-order valence-corrected chi connectivity index (χ1v) is 12.2. The van der Waals surface area contributed by atoms with Gasteiger partial charge in [0.2, 0.25) is 0 Å². The number of hydrogen-bond acceptors (Lipinski definition) is 10. The Bertz CT molecular complexity index is 1290. The van der Waals surface area contributed by atoms with Crippen LogP contribution >= 0.6 is 7.75 Å². The largest absolute Gasteiger partial charge is 0.468 e. The molecule has 1 aromatic carbocycles. The zero-order valence-corrected chi connectivity index (χ0v) is 20.3. The van der Waals surface area contributed by atoms with Crippen LogP contribution in [0.5, 0.6) is 5.75 Å². The van der Waals surface area contributed by atoms with Crippen molar-refractivity contribution in [3.05, 3.63) is 81.8 Å². The van der Waals surface area contributed by atoms with Gasteiger partial charge in [0, 0.05) is 12.3 Å². The first kappa shape index (κ1) is 27.3. The van der Waals surface area contributed by atoms with Gasteiger partial charge < -0.3 is 24.2 Å². The van der Waals surface area contributed by atoms with Gasteiger partial charge in [-0.15, -0.1) is 5.73 Å². The molecule has 194 valence electrons. The number of aliphatic hydroxyl groups is 2. The summed E-state index contributed by atoms with van der Waals surface area (Å²) in [4.78, 5) is 37.6. The summed E-state index contributed by atoms with van der Waals surface area (Å²) >= 11 is 0. The quantitative estimate of drug-likeness (QED) is 0.190. The minimum Gasteiger partial charge on any atom is -0.468 e. The highest BCUT2D eigenvalue weighted by Gasteiger charge is 2.55. The molecule has 36 heavy (non-hydrogen) atoms. The van der Waals surface area contributed by atoms with E-state index in [0.29, 0.717) is 0 Å². The molecule has 1 aliphatic heterocycles. The Hall–Kier alpha value is -3.28. The van der Waals surface area contributed by atoms with Crippen LogP contribution in [0.1, 0.15) is 13.2 Å². The Morgan fingerprint density at radius 1 is 1.36 bits per heavy atom. The number of aliphatic hydroxyl groups excluding tert-OH is 2. The standard InChI is InChI=1S/C22H26N3O10P/c1-4-11-22(18(28)17(27)19(34-22)25-12-10-16(26)23-21(25)30)13-33-36(31,24-14(2)20(29)32-3)35-15-8-6-5-7-9-15/h5-12,14,17-19,27-28H,1,13H2,2-3H3,(H,24,31)(H,23,26,30)/t14-,17+,18-,19+,22+,36?/m0/s1. The van der Waals surface area contributed by atoms with Gasteiger partial charge in [-0.1, -0.05) is 24.8 Å². The van der Waals surface area contributed by atoms with Gasteiger partial charge in [0.05, 0.1) is 13.7 Å². The third-order valence-electron chi connectivity index (χ3n) is 5.26. The molecule has 0 saturated carbocycles. The zero-order valence-electron chi connectivity index (χ0n) is 19.4. The van der Waals surface area contributed by atoms with Crippen LogP contribution in [0.3, 0.4) is 0 Å². The smallest absolute Gasteiger partial charge is 0.459 e. The second-order valence-corrected chi connectivity index (χ2v) is 9.51. The fourth-order valence-electron chi connectivity index (χ4n) is 3.47. The van der Waals surface area contributed by atoms with E-state index in [0.717, 1.165) is 30.0 Å². The normalized spacial score (nSPS) is 25.8. The van der Waals surface area contributed by atoms with Crippen molar-refractivity contribution in [2.75, 3.05) is 13.7 Å². The minimum atomic E-state index is -4.34. The Morgan fingerprint density at radius 3 is 2.67 bits per heavy atom. The molecule has 6 atom stereocenters. The summed E-state index contributed by atoms with van der Waals surface area (Å²) in [6.45, 7) is 4.12. The predicted octanol–water partition coefficient (Wildman–Crippen LogP) is 0.222. The van der Waals surface area contributed by atoms with Crippen LogP contribution in [0, 0.1) is 0 Å². The fraction of sp³-hybridized carbons (Fsp3) is 0.364. The summed E-state index contributed by atoms with van der Waals surface area (Å²) in [5.41, 5.74) is -1.05. The van der Waals surface area contributed by atoms with Crippen LogP contribution in [0.15, 0.2) is 70.6 Å². The lowest BCUT2D eigenvalue weighted by Gasteiger charge is -2.30. The molecule has 0 spiro atoms. The molecule has 0 aliphatic carbocycles. The van der Waals surface area contributed by atoms with Crippen molar-refractivity contribution >= 4 is 13.7 Å². The number of aromatic amines is 1. The van der Waals surface area contributed by atoms with Crippen molar-refractivity contribution in [2.45, 2.75) is 37.0 Å². The van der Waals surface area contributed by atoms with Gasteiger partial charge in [-0.25, -0.2) is 9.36 Å². The summed E-state index contributed by atoms with van der Waals surface area (Å²) in [6, 6.07) is 7.87. The van der Waals surface area contributed by atoms with Gasteiger partial charge in [-0.2, -0.15) is 5.09 Å². The third-order valence-corrected chi connectivity index (χ3v) is 6.89. The molecule has 2 aromatic rings. The molecule has 2 heterocycles. The SMILES string of the molecule is C=C=C[C@]1(COP(=O)(N[C@@H](C)C(=O)OC)Oc2ccccc2)O[C@@H](n2ccc(=O)[nH]c2=O)[C@H](O)[C@@H]1O. The van der Waals surface area contributed by atoms with Crippen molar-refractivity contribution < 1.29 is 38.1 Å². The van der Waals surface area contributed by atoms with E-state index in [1.807, 2.05) is 4.98 Å². The Balaban J connectivity index is 1.92. The molecule has 1 aromatic heterocycles. The Kier molecular flexibility index (Phi) is 8.49. The second-order valence-electron chi connectivity index (χ2n) is 7.81. The monoisotopic (exact) mass is 523 g/mol. The lowest BCUT2D eigenvalue weighted by Crippen LogP contribution is -2.46. The summed E-state index contributed by atoms with van der Waals surface area (Å²) in [7, 11) is -3.19. The number of rotatable bonds is 10. The van der Waals surface area contributed by atoms with Crippen LogP contribution in [-0.2, 0) is 23.4 Å². The van der Waals surface area contributed by atoms with Crippen molar-refractivity contribution in [1.82, 2.24) is 14.6 Å². The molecule has 0 bridgehead atoms. The number of ether oxygens (including phenoxy) is 2. The van der Waals surface area contributed by atoms with E-state index >= 15 is 0 Å². The maximum Gasteiger partial charge on any atom is 0.459 e. The van der Waals surface area contributed by atoms with E-state index in [-0.39, 0.29) is 5.75 Å². The number of aromatic nitrogens is 2. The van der Waals surface area contributed by atoms with Crippen LogP contribution in [0.2, 0.25) is 0 Å². The molecule has 14 heteroatoms. The summed E-state index contributed by atoms with van der Waals surface area (Å²) < 4.78 is 36.0. The maximum atomic E-state index is 13.6. The van der Waals surface area contributed by atoms with Crippen LogP contribution < -0.4 is 20.9 Å². The average Bonchev–Trinajstić information content (AvgIpc) is 3.08. The van der Waals surface area contributed by atoms with Gasteiger partial charge in [0.15, 0.2) is 6.23 Å². The van der Waals surface area contributed by atoms with Gasteiger partial charge in [-0.3, -0.25) is 23.7 Å². The molecular weight excluding hydrogens is 497 g/mol. The number of nitrogens with one attached hydrogen (secondary N) is 2. The number of carbonyl (C=O) groups is 1. The number of hydrogen-bond donors (Lipinski definition) is 4. The number of nitrogens with zero attached hydrogens (tertiary/aromatic N) is 1. The van der Waals surface area contributed by atoms with E-state index < -0.39 is 61.7 Å². The maximum absolute atomic E-state index is 13.6. The highest BCUT2D eigenvalue weighted by Crippen LogP contribution is 2.48. The molecule has 1 saturated heterocycles. The molecule has 0 amide bonds. The molecule has 1 aliphatic rings. The zero-order chi connectivity index (χ0) is 26.5. The lowest BCUT2D eigenvalue weighted by atomic mass is 9.96. The van der Waals surface area contributed by atoms with E-state index in [2.05, 4.69) is 22.1 Å². The molecule has 3 rings (SSSR count). The molecule has 4 N–H and O–H groups in total. The van der Waals surface area contributed by atoms with Crippen molar-refractivity contribution in [3.63, 3.8) is 0 Å². The van der Waals surface area contributed by atoms with Gasteiger partial charge in [0.1, 0.15) is 29.6 Å². The highest BCUT2D eigenvalue weighted by atomic mass is 31.2. The van der Waals surface area contributed by atoms with Gasteiger partial charge in [-0.05, 0) is 25.1 Å². The van der Waals surface area contributed by atoms with Gasteiger partial charge >= 0.3 is 19.4 Å². The highest BCUT2D eigenvalue weighted by molar-refractivity contribution is 7.52. The van der Waals surface area contributed by atoms with Crippen LogP contribution in [0.25, 0.3) is 0 Å². The number of esters is 1. The summed E-state index contributed by atoms with van der Waals surface area (Å²) in [6.07, 6.45) is -2.65. The van der Waals surface area contributed by atoms with Crippen molar-refractivity contribution in [3.8, 4) is 5.75 Å². The number of para-hydroxylation sites is 1. The van der Waals surface area contributed by atoms with E-state index in [9.17, 15) is 29.2 Å². The fourth-order valence-corrected chi connectivity index (χ4v) is 5.00. The topological polar surface area (TPSA) is 178 Å². The second kappa shape index (κ2) is 11.2. The summed E-state index contributed by atoms with van der Waals surface area (Å²) in [5.74, 6) is -0.606. The number of carbonyl (C=O) groups excluding carboxylic acids is 1. The van der Waals surface area contributed by atoms with Crippen molar-refractivity contribution in [2.24, 2.45) is 0 Å². The first-order valence-electron chi connectivity index (χ1n) is 10.6. The average molecular weight is 523 g/mol. The minimum absolute atomic E-state index is 0.143. The summed E-state index contributed by atoms with van der Waals surface area (Å²) in [5, 5.41) is 24.0. The number of methoxy groups -OCH3 is 1. The molecule has 1 unspecified atom stereocenters. The van der Waals surface area contributed by atoms with E-state index in [4.69, 9.17) is 13.8 Å².